The summed E-state index contributed by atoms with van der Waals surface area (Å²) in [5.41, 5.74) is -0.417. The Kier molecular flexibility index (Phi) is 5.08. The summed E-state index contributed by atoms with van der Waals surface area (Å²) in [4.78, 5) is 36.8. The highest BCUT2D eigenvalue weighted by molar-refractivity contribution is 6.04. The lowest BCUT2D eigenvalue weighted by Gasteiger charge is -2.22. The Morgan fingerprint density at radius 1 is 1.25 bits per heavy atom. The van der Waals surface area contributed by atoms with Gasteiger partial charge in [-0.25, -0.2) is 9.80 Å². The van der Waals surface area contributed by atoms with Gasteiger partial charge < -0.3 is 9.84 Å². The van der Waals surface area contributed by atoms with Crippen molar-refractivity contribution in [1.29, 1.82) is 0 Å². The highest BCUT2D eigenvalue weighted by Gasteiger charge is 2.36. The zero-order chi connectivity index (χ0) is 20.6. The van der Waals surface area contributed by atoms with E-state index in [9.17, 15) is 19.5 Å². The van der Waals surface area contributed by atoms with Gasteiger partial charge in [-0.2, -0.15) is 5.10 Å². The number of aromatic nitrogens is 2. The van der Waals surface area contributed by atoms with E-state index in [1.807, 2.05) is 25.1 Å². The third-order valence-corrected chi connectivity index (χ3v) is 4.73. The third kappa shape index (κ3) is 3.08. The number of hydrogen-bond donors (Lipinski definition) is 1. The number of amides is 1. The molecule has 2 heterocycles. The number of ether oxygens (including phenoxy) is 1. The summed E-state index contributed by atoms with van der Waals surface area (Å²) in [6.45, 7) is 3.70. The number of para-hydroxylation sites is 1. The van der Waals surface area contributed by atoms with Gasteiger partial charge in [-0.3, -0.25) is 18.7 Å². The Morgan fingerprint density at radius 3 is 2.57 bits per heavy atom. The van der Waals surface area contributed by atoms with E-state index < -0.39 is 23.2 Å². The molecule has 1 amide bonds. The first-order valence-electron chi connectivity index (χ1n) is 8.86. The summed E-state index contributed by atoms with van der Waals surface area (Å²) in [5, 5.41) is 16.0. The van der Waals surface area contributed by atoms with E-state index in [-0.39, 0.29) is 23.6 Å². The molecule has 3 rings (SSSR count). The van der Waals surface area contributed by atoms with Gasteiger partial charge >= 0.3 is 5.69 Å². The molecule has 148 valence electrons. The molecule has 1 aliphatic rings. The zero-order valence-electron chi connectivity index (χ0n) is 16.2. The van der Waals surface area contributed by atoms with Gasteiger partial charge in [-0.05, 0) is 13.0 Å². The quantitative estimate of drug-likeness (QED) is 0.840. The first-order chi connectivity index (χ1) is 13.3. The fourth-order valence-electron chi connectivity index (χ4n) is 3.32. The minimum atomic E-state index is -0.665. The molecule has 28 heavy (non-hydrogen) atoms. The Hall–Kier alpha value is -3.36. The van der Waals surface area contributed by atoms with Crippen molar-refractivity contribution in [1.82, 2.24) is 14.1 Å². The van der Waals surface area contributed by atoms with Crippen LogP contribution in [0, 0.1) is 0 Å². The molecule has 0 fully saturated rings. The normalized spacial score (nSPS) is 16.2. The second-order valence-corrected chi connectivity index (χ2v) is 6.51. The van der Waals surface area contributed by atoms with Gasteiger partial charge in [0.2, 0.25) is 11.8 Å². The molecular formula is C19H22N4O5. The van der Waals surface area contributed by atoms with E-state index in [2.05, 4.69) is 5.10 Å². The van der Waals surface area contributed by atoms with Gasteiger partial charge in [0.05, 0.1) is 18.4 Å². The van der Waals surface area contributed by atoms with Crippen LogP contribution in [0.5, 0.6) is 11.6 Å². The molecule has 0 aliphatic carbocycles. The highest BCUT2D eigenvalue weighted by atomic mass is 16.5. The van der Waals surface area contributed by atoms with Crippen LogP contribution < -0.4 is 16.0 Å². The Labute approximate surface area is 161 Å². The minimum Gasteiger partial charge on any atom is -0.494 e. The number of benzene rings is 1. The van der Waals surface area contributed by atoms with Crippen molar-refractivity contribution in [3.63, 3.8) is 0 Å². The first-order valence-corrected chi connectivity index (χ1v) is 8.86. The van der Waals surface area contributed by atoms with Crippen molar-refractivity contribution < 1.29 is 14.6 Å². The second kappa shape index (κ2) is 7.34. The molecule has 0 saturated heterocycles. The monoisotopic (exact) mass is 386 g/mol. The van der Waals surface area contributed by atoms with Crippen LogP contribution in [0.1, 0.15) is 37.4 Å². The molecular weight excluding hydrogens is 364 g/mol. The summed E-state index contributed by atoms with van der Waals surface area (Å²) in [6.07, 6.45) is 0.199. The van der Waals surface area contributed by atoms with Gasteiger partial charge in [-0.1, -0.05) is 18.2 Å². The molecule has 2 aromatic rings. The number of aromatic hydroxyl groups is 1. The lowest BCUT2D eigenvalue weighted by Crippen LogP contribution is -2.39. The van der Waals surface area contributed by atoms with Crippen molar-refractivity contribution in [3.05, 3.63) is 56.2 Å². The van der Waals surface area contributed by atoms with Crippen LogP contribution in [0.4, 0.5) is 0 Å². The van der Waals surface area contributed by atoms with Crippen molar-refractivity contribution in [2.24, 2.45) is 19.2 Å². The molecule has 1 atom stereocenters. The number of hydrogen-bond acceptors (Lipinski definition) is 6. The molecule has 1 aromatic carbocycles. The fraction of sp³-hybridized carbons (Fsp3) is 0.368. The van der Waals surface area contributed by atoms with Crippen LogP contribution in [0.3, 0.4) is 0 Å². The largest absolute Gasteiger partial charge is 0.494 e. The Balaban J connectivity index is 2.14. The van der Waals surface area contributed by atoms with Gasteiger partial charge in [0.15, 0.2) is 0 Å². The summed E-state index contributed by atoms with van der Waals surface area (Å²) < 4.78 is 7.54. The second-order valence-electron chi connectivity index (χ2n) is 6.51. The van der Waals surface area contributed by atoms with Crippen molar-refractivity contribution >= 4 is 11.6 Å². The van der Waals surface area contributed by atoms with E-state index in [0.717, 1.165) is 14.7 Å². The average molecular weight is 386 g/mol. The highest BCUT2D eigenvalue weighted by Crippen LogP contribution is 2.37. The molecule has 1 N–H and O–H groups in total. The average Bonchev–Trinajstić information content (AvgIpc) is 3.11. The summed E-state index contributed by atoms with van der Waals surface area (Å²) in [5.74, 6) is -0.170. The smallest absolute Gasteiger partial charge is 0.333 e. The third-order valence-electron chi connectivity index (χ3n) is 4.73. The summed E-state index contributed by atoms with van der Waals surface area (Å²) in [7, 11) is 2.69. The minimum absolute atomic E-state index is 0.0905. The van der Waals surface area contributed by atoms with Gasteiger partial charge in [0.25, 0.3) is 5.56 Å². The van der Waals surface area contributed by atoms with E-state index in [1.165, 1.54) is 26.0 Å². The van der Waals surface area contributed by atoms with E-state index in [0.29, 0.717) is 12.4 Å². The van der Waals surface area contributed by atoms with Crippen LogP contribution in [0.15, 0.2) is 39.0 Å². The van der Waals surface area contributed by atoms with E-state index in [1.54, 1.807) is 6.07 Å². The molecule has 1 aliphatic heterocycles. The predicted octanol–water partition coefficient (Wildman–Crippen LogP) is 0.886. The van der Waals surface area contributed by atoms with Gasteiger partial charge in [0, 0.05) is 33.0 Å². The Morgan fingerprint density at radius 2 is 1.93 bits per heavy atom. The van der Waals surface area contributed by atoms with E-state index >= 15 is 0 Å². The number of rotatable bonds is 4. The lowest BCUT2D eigenvalue weighted by atomic mass is 9.98. The van der Waals surface area contributed by atoms with E-state index in [4.69, 9.17) is 4.74 Å². The lowest BCUT2D eigenvalue weighted by molar-refractivity contribution is -0.130. The topological polar surface area (TPSA) is 106 Å². The van der Waals surface area contributed by atoms with Crippen LogP contribution in [0.25, 0.3) is 0 Å². The first kappa shape index (κ1) is 19.4. The van der Waals surface area contributed by atoms with Crippen LogP contribution in [-0.4, -0.2) is 37.5 Å². The maximum absolute atomic E-state index is 12.6. The predicted molar refractivity (Wildman–Crippen MR) is 103 cm³/mol. The maximum atomic E-state index is 12.6. The standard InChI is InChI=1S/C19H22N4O5/c1-5-28-15-9-7-6-8-12(15)14-10-13(20-23(14)11(2)24)16-17(25)21(3)19(27)22(4)18(16)26/h6-9,14,25H,5,10H2,1-4H3/t14-/m1/s1. The maximum Gasteiger partial charge on any atom is 0.333 e. The van der Waals surface area contributed by atoms with Gasteiger partial charge in [-0.15, -0.1) is 0 Å². The molecule has 0 unspecified atom stereocenters. The number of carbonyl (C=O) groups is 1. The number of carbonyl (C=O) groups excluding carboxylic acids is 1. The molecule has 0 bridgehead atoms. The molecule has 1 aromatic heterocycles. The van der Waals surface area contributed by atoms with Crippen molar-refractivity contribution in [2.45, 2.75) is 26.3 Å². The fourth-order valence-corrected chi connectivity index (χ4v) is 3.32. The molecule has 0 radical (unpaired) electrons. The molecule has 9 nitrogen and oxygen atoms in total. The molecule has 0 spiro atoms. The zero-order valence-corrected chi connectivity index (χ0v) is 16.2. The van der Waals surface area contributed by atoms with Crippen molar-refractivity contribution in [3.8, 4) is 11.6 Å². The van der Waals surface area contributed by atoms with Crippen molar-refractivity contribution in [2.75, 3.05) is 6.61 Å². The van der Waals surface area contributed by atoms with Crippen LogP contribution >= 0.6 is 0 Å². The van der Waals surface area contributed by atoms with Crippen LogP contribution in [0.2, 0.25) is 0 Å². The molecule has 0 saturated carbocycles. The number of nitrogens with zero attached hydrogens (tertiary/aromatic N) is 4. The number of hydrazone groups is 1. The molecule has 9 heteroatoms. The SMILES string of the molecule is CCOc1ccccc1[C@H]1CC(c2c(O)n(C)c(=O)n(C)c2=O)=NN1C(C)=O. The van der Waals surface area contributed by atoms with Crippen LogP contribution in [-0.2, 0) is 18.9 Å². The summed E-state index contributed by atoms with van der Waals surface area (Å²) >= 11 is 0. The Bertz CT molecular complexity index is 1080. The summed E-state index contributed by atoms with van der Waals surface area (Å²) in [6, 6.07) is 6.81. The van der Waals surface area contributed by atoms with Gasteiger partial charge in [0.1, 0.15) is 11.3 Å².